The van der Waals surface area contributed by atoms with Crippen LogP contribution in [0.25, 0.3) is 0 Å². The standard InChI is InChI=1S/C22H25NO3/c1-14-10-18(11-15(2)21(14)24)22(25)23-12-19(16-6-4-3-5-7-16)26-20(13-23)17-8-9-17/h3-7,10-11,17,19-20,24H,8-9,12-13H2,1-2H3/t19-,20+/m0/s1. The largest absolute Gasteiger partial charge is 0.507 e. The molecule has 0 unspecified atom stereocenters. The van der Waals surface area contributed by atoms with Gasteiger partial charge in [-0.25, -0.2) is 0 Å². The molecule has 4 heteroatoms. The highest BCUT2D eigenvalue weighted by Crippen LogP contribution is 2.39. The number of benzene rings is 2. The minimum absolute atomic E-state index is 0.0195. The first-order chi connectivity index (χ1) is 12.5. The van der Waals surface area contributed by atoms with Crippen LogP contribution in [0.2, 0.25) is 0 Å². The molecule has 1 aliphatic carbocycles. The van der Waals surface area contributed by atoms with Crippen LogP contribution in [0.1, 0.15) is 46.0 Å². The third kappa shape index (κ3) is 3.34. The van der Waals surface area contributed by atoms with Crippen molar-refractivity contribution in [3.8, 4) is 5.75 Å². The van der Waals surface area contributed by atoms with E-state index >= 15 is 0 Å². The second kappa shape index (κ2) is 6.76. The summed E-state index contributed by atoms with van der Waals surface area (Å²) >= 11 is 0. The van der Waals surface area contributed by atoms with Crippen LogP contribution in [0.3, 0.4) is 0 Å². The molecule has 0 aromatic heterocycles. The third-order valence-corrected chi connectivity index (χ3v) is 5.47. The van der Waals surface area contributed by atoms with Gasteiger partial charge in [-0.05, 0) is 61.4 Å². The number of aryl methyl sites for hydroxylation is 2. The number of phenols is 1. The molecule has 2 aromatic carbocycles. The van der Waals surface area contributed by atoms with Gasteiger partial charge in [-0.15, -0.1) is 0 Å². The molecule has 0 radical (unpaired) electrons. The Morgan fingerprint density at radius 2 is 1.73 bits per heavy atom. The normalized spacial score (nSPS) is 23.1. The number of phenolic OH excluding ortho intramolecular Hbond substituents is 1. The van der Waals surface area contributed by atoms with Crippen molar-refractivity contribution in [2.75, 3.05) is 13.1 Å². The lowest BCUT2D eigenvalue weighted by atomic mass is 10.0. The molecule has 0 spiro atoms. The molecule has 4 rings (SSSR count). The van der Waals surface area contributed by atoms with Crippen LogP contribution in [0.4, 0.5) is 0 Å². The van der Waals surface area contributed by atoms with E-state index in [4.69, 9.17) is 4.74 Å². The Morgan fingerprint density at radius 3 is 2.35 bits per heavy atom. The molecule has 4 nitrogen and oxygen atoms in total. The molecule has 136 valence electrons. The van der Waals surface area contributed by atoms with E-state index in [-0.39, 0.29) is 23.9 Å². The molecule has 2 aliphatic rings. The van der Waals surface area contributed by atoms with Gasteiger partial charge in [0.2, 0.25) is 0 Å². The molecular formula is C22H25NO3. The van der Waals surface area contributed by atoms with E-state index in [0.29, 0.717) is 24.6 Å². The molecule has 26 heavy (non-hydrogen) atoms. The monoisotopic (exact) mass is 351 g/mol. The lowest BCUT2D eigenvalue weighted by Crippen LogP contribution is -2.47. The Morgan fingerprint density at radius 1 is 1.08 bits per heavy atom. The van der Waals surface area contributed by atoms with Gasteiger partial charge in [0.15, 0.2) is 0 Å². The van der Waals surface area contributed by atoms with Crippen molar-refractivity contribution in [2.24, 2.45) is 5.92 Å². The number of aromatic hydroxyl groups is 1. The van der Waals surface area contributed by atoms with E-state index in [1.54, 1.807) is 12.1 Å². The number of carbonyl (C=O) groups excluding carboxylic acids is 1. The second-order valence-electron chi connectivity index (χ2n) is 7.58. The summed E-state index contributed by atoms with van der Waals surface area (Å²) < 4.78 is 6.35. The number of carbonyl (C=O) groups is 1. The molecule has 1 amide bonds. The van der Waals surface area contributed by atoms with Crippen molar-refractivity contribution >= 4 is 5.91 Å². The highest BCUT2D eigenvalue weighted by Gasteiger charge is 2.40. The number of ether oxygens (including phenoxy) is 1. The summed E-state index contributed by atoms with van der Waals surface area (Å²) in [5, 5.41) is 9.99. The van der Waals surface area contributed by atoms with Crippen molar-refractivity contribution in [1.29, 1.82) is 0 Å². The highest BCUT2D eigenvalue weighted by atomic mass is 16.5. The molecule has 1 heterocycles. The van der Waals surface area contributed by atoms with Crippen molar-refractivity contribution in [2.45, 2.75) is 38.9 Å². The predicted octanol–water partition coefficient (Wildman–Crippen LogP) is 4.00. The Labute approximate surface area is 154 Å². The van der Waals surface area contributed by atoms with Crippen LogP contribution in [0.5, 0.6) is 5.75 Å². The number of nitrogens with zero attached hydrogens (tertiary/aromatic N) is 1. The van der Waals surface area contributed by atoms with E-state index in [2.05, 4.69) is 12.1 Å². The van der Waals surface area contributed by atoms with Gasteiger partial charge in [0.1, 0.15) is 11.9 Å². The summed E-state index contributed by atoms with van der Waals surface area (Å²) in [6.45, 7) is 4.87. The van der Waals surface area contributed by atoms with Gasteiger partial charge in [0.05, 0.1) is 12.6 Å². The van der Waals surface area contributed by atoms with Crippen molar-refractivity contribution in [1.82, 2.24) is 4.90 Å². The maximum absolute atomic E-state index is 13.2. The molecule has 1 saturated heterocycles. The van der Waals surface area contributed by atoms with E-state index in [0.717, 1.165) is 16.7 Å². The molecule has 1 N–H and O–H groups in total. The molecule has 1 aliphatic heterocycles. The summed E-state index contributed by atoms with van der Waals surface area (Å²) in [5.41, 5.74) is 3.23. The Balaban J connectivity index is 1.60. The highest BCUT2D eigenvalue weighted by molar-refractivity contribution is 5.95. The SMILES string of the molecule is Cc1cc(C(=O)N2C[C@@H](c3ccccc3)O[C@@H](C3CC3)C2)cc(C)c1O. The first-order valence-electron chi connectivity index (χ1n) is 9.33. The van der Waals surface area contributed by atoms with Gasteiger partial charge in [-0.1, -0.05) is 30.3 Å². The van der Waals surface area contributed by atoms with Crippen LogP contribution >= 0.6 is 0 Å². The lowest BCUT2D eigenvalue weighted by molar-refractivity contribution is -0.0864. The second-order valence-corrected chi connectivity index (χ2v) is 7.58. The maximum Gasteiger partial charge on any atom is 0.254 e. The van der Waals surface area contributed by atoms with Crippen LogP contribution in [0.15, 0.2) is 42.5 Å². The summed E-state index contributed by atoms with van der Waals surface area (Å²) in [6, 6.07) is 13.7. The zero-order valence-electron chi connectivity index (χ0n) is 15.3. The number of hydrogen-bond acceptors (Lipinski definition) is 3. The number of rotatable bonds is 3. The minimum Gasteiger partial charge on any atom is -0.507 e. The first kappa shape index (κ1) is 17.1. The molecule has 1 saturated carbocycles. The van der Waals surface area contributed by atoms with Crippen molar-refractivity contribution in [3.63, 3.8) is 0 Å². The zero-order valence-corrected chi connectivity index (χ0v) is 15.3. The molecule has 2 atom stereocenters. The van der Waals surface area contributed by atoms with Crippen molar-refractivity contribution < 1.29 is 14.6 Å². The predicted molar refractivity (Wildman–Crippen MR) is 100 cm³/mol. The zero-order chi connectivity index (χ0) is 18.3. The molecule has 2 fully saturated rings. The average molecular weight is 351 g/mol. The Hall–Kier alpha value is -2.33. The average Bonchev–Trinajstić information content (AvgIpc) is 3.51. The Bertz CT molecular complexity index is 790. The van der Waals surface area contributed by atoms with Gasteiger partial charge >= 0.3 is 0 Å². The number of morpholine rings is 1. The van der Waals surface area contributed by atoms with Gasteiger partial charge in [0, 0.05) is 12.1 Å². The van der Waals surface area contributed by atoms with Crippen LogP contribution in [-0.2, 0) is 4.74 Å². The fraction of sp³-hybridized carbons (Fsp3) is 0.409. The van der Waals surface area contributed by atoms with E-state index in [1.165, 1.54) is 12.8 Å². The first-order valence-corrected chi connectivity index (χ1v) is 9.33. The lowest BCUT2D eigenvalue weighted by Gasteiger charge is -2.38. The van der Waals surface area contributed by atoms with Gasteiger partial charge < -0.3 is 14.7 Å². The molecular weight excluding hydrogens is 326 g/mol. The van der Waals surface area contributed by atoms with E-state index in [9.17, 15) is 9.90 Å². The van der Waals surface area contributed by atoms with Crippen molar-refractivity contribution in [3.05, 3.63) is 64.7 Å². The minimum atomic E-state index is -0.0844. The summed E-state index contributed by atoms with van der Waals surface area (Å²) in [7, 11) is 0. The smallest absolute Gasteiger partial charge is 0.254 e. The number of hydrogen-bond donors (Lipinski definition) is 1. The maximum atomic E-state index is 13.2. The van der Waals surface area contributed by atoms with Gasteiger partial charge in [-0.3, -0.25) is 4.79 Å². The third-order valence-electron chi connectivity index (χ3n) is 5.47. The fourth-order valence-corrected chi connectivity index (χ4v) is 3.80. The number of amides is 1. The fourth-order valence-electron chi connectivity index (χ4n) is 3.80. The summed E-state index contributed by atoms with van der Waals surface area (Å²) in [6.07, 6.45) is 2.40. The van der Waals surface area contributed by atoms with Crippen LogP contribution in [0, 0.1) is 19.8 Å². The van der Waals surface area contributed by atoms with E-state index in [1.807, 2.05) is 36.9 Å². The van der Waals surface area contributed by atoms with E-state index < -0.39 is 0 Å². The Kier molecular flexibility index (Phi) is 4.45. The van der Waals surface area contributed by atoms with Gasteiger partial charge in [0.25, 0.3) is 5.91 Å². The van der Waals surface area contributed by atoms with Crippen LogP contribution < -0.4 is 0 Å². The summed E-state index contributed by atoms with van der Waals surface area (Å²) in [4.78, 5) is 15.1. The van der Waals surface area contributed by atoms with Gasteiger partial charge in [-0.2, -0.15) is 0 Å². The summed E-state index contributed by atoms with van der Waals surface area (Å²) in [5.74, 6) is 0.854. The topological polar surface area (TPSA) is 49.8 Å². The quantitative estimate of drug-likeness (QED) is 0.909. The molecule has 0 bridgehead atoms. The molecule has 2 aromatic rings. The van der Waals surface area contributed by atoms with Crippen LogP contribution in [-0.4, -0.2) is 35.1 Å².